The molecule has 8 nitrogen and oxygen atoms in total. The van der Waals surface area contributed by atoms with Crippen LogP contribution in [0.4, 0.5) is 5.69 Å². The SMILES string of the molecule is CCC(C)NC(=O)C(CC)N(Cc1cccc(C)c1)C(=O)CN(c1ccc(Oc2ccccc2)cc1)S(C)(=O)=O. The van der Waals surface area contributed by atoms with E-state index in [4.69, 9.17) is 4.74 Å². The molecule has 2 amide bonds. The fraction of sp³-hybridized carbons (Fsp3) is 0.355. The number of aryl methyl sites for hydroxylation is 1. The summed E-state index contributed by atoms with van der Waals surface area (Å²) in [5.41, 5.74) is 2.21. The van der Waals surface area contributed by atoms with Crippen molar-refractivity contribution in [2.75, 3.05) is 17.1 Å². The molecule has 0 saturated carbocycles. The van der Waals surface area contributed by atoms with Gasteiger partial charge >= 0.3 is 0 Å². The van der Waals surface area contributed by atoms with Crippen molar-refractivity contribution in [2.24, 2.45) is 0 Å². The number of carbonyl (C=O) groups excluding carboxylic acids is 2. The highest BCUT2D eigenvalue weighted by atomic mass is 32.2. The zero-order valence-electron chi connectivity index (χ0n) is 23.8. The molecule has 0 aromatic heterocycles. The Morgan fingerprint density at radius 3 is 2.12 bits per heavy atom. The van der Waals surface area contributed by atoms with Gasteiger partial charge in [0.25, 0.3) is 0 Å². The Morgan fingerprint density at radius 1 is 0.900 bits per heavy atom. The fourth-order valence-electron chi connectivity index (χ4n) is 4.29. The molecule has 2 atom stereocenters. The normalized spacial score (nSPS) is 12.7. The van der Waals surface area contributed by atoms with Crippen LogP contribution in [0.1, 0.15) is 44.7 Å². The van der Waals surface area contributed by atoms with Gasteiger partial charge in [-0.25, -0.2) is 8.42 Å². The lowest BCUT2D eigenvalue weighted by Crippen LogP contribution is -2.53. The highest BCUT2D eigenvalue weighted by Gasteiger charge is 2.32. The molecule has 0 aliphatic rings. The van der Waals surface area contributed by atoms with Gasteiger partial charge < -0.3 is 15.0 Å². The third kappa shape index (κ3) is 8.58. The number of anilines is 1. The van der Waals surface area contributed by atoms with Gasteiger partial charge in [-0.2, -0.15) is 0 Å². The van der Waals surface area contributed by atoms with Crippen LogP contribution < -0.4 is 14.4 Å². The Morgan fingerprint density at radius 2 is 1.55 bits per heavy atom. The second-order valence-corrected chi connectivity index (χ2v) is 11.8. The number of carbonyl (C=O) groups is 2. The summed E-state index contributed by atoms with van der Waals surface area (Å²) in [7, 11) is -3.83. The minimum absolute atomic E-state index is 0.0541. The highest BCUT2D eigenvalue weighted by molar-refractivity contribution is 7.92. The number of benzene rings is 3. The Labute approximate surface area is 238 Å². The van der Waals surface area contributed by atoms with E-state index in [2.05, 4.69) is 5.32 Å². The molecule has 40 heavy (non-hydrogen) atoms. The van der Waals surface area contributed by atoms with Crippen LogP contribution >= 0.6 is 0 Å². The molecule has 3 rings (SSSR count). The number of rotatable bonds is 13. The summed E-state index contributed by atoms with van der Waals surface area (Å²) >= 11 is 0. The van der Waals surface area contributed by atoms with Crippen molar-refractivity contribution in [2.45, 2.75) is 59.2 Å². The third-order valence-electron chi connectivity index (χ3n) is 6.61. The number of nitrogens with one attached hydrogen (secondary N) is 1. The summed E-state index contributed by atoms with van der Waals surface area (Å²) in [6.07, 6.45) is 2.19. The quantitative estimate of drug-likeness (QED) is 0.304. The highest BCUT2D eigenvalue weighted by Crippen LogP contribution is 2.26. The Balaban J connectivity index is 1.90. The maximum Gasteiger partial charge on any atom is 0.244 e. The molecular formula is C31H39N3O5S. The van der Waals surface area contributed by atoms with E-state index in [1.165, 1.54) is 4.90 Å². The van der Waals surface area contributed by atoms with Crippen LogP contribution in [0, 0.1) is 6.92 Å². The molecular weight excluding hydrogens is 526 g/mol. The van der Waals surface area contributed by atoms with Crippen LogP contribution in [0.5, 0.6) is 11.5 Å². The summed E-state index contributed by atoms with van der Waals surface area (Å²) in [6.45, 7) is 7.41. The minimum atomic E-state index is -3.83. The second kappa shape index (κ2) is 14.0. The molecule has 3 aromatic rings. The standard InChI is InChI=1S/C31H39N3O5S/c1-6-24(4)32-31(36)29(7-2)33(21-25-13-11-12-23(3)20-25)30(35)22-34(40(5,37)38)26-16-18-28(19-17-26)39-27-14-9-8-10-15-27/h8-20,24,29H,6-7,21-22H2,1-5H3,(H,32,36). The zero-order valence-corrected chi connectivity index (χ0v) is 24.6. The van der Waals surface area contributed by atoms with Crippen molar-refractivity contribution in [3.63, 3.8) is 0 Å². The maximum absolute atomic E-state index is 13.8. The van der Waals surface area contributed by atoms with Gasteiger partial charge in [0.2, 0.25) is 21.8 Å². The number of amides is 2. The first-order chi connectivity index (χ1) is 19.0. The number of nitrogens with zero attached hydrogens (tertiary/aromatic N) is 2. The fourth-order valence-corrected chi connectivity index (χ4v) is 5.14. The molecule has 0 aliphatic heterocycles. The number of sulfonamides is 1. The smallest absolute Gasteiger partial charge is 0.244 e. The molecule has 0 radical (unpaired) electrons. The molecule has 2 unspecified atom stereocenters. The number of hydrogen-bond donors (Lipinski definition) is 1. The van der Waals surface area contributed by atoms with Crippen molar-refractivity contribution >= 4 is 27.5 Å². The molecule has 1 N–H and O–H groups in total. The van der Waals surface area contributed by atoms with Crippen molar-refractivity contribution in [1.82, 2.24) is 10.2 Å². The third-order valence-corrected chi connectivity index (χ3v) is 7.75. The molecule has 0 saturated heterocycles. The average Bonchev–Trinajstić information content (AvgIpc) is 2.92. The predicted octanol–water partition coefficient (Wildman–Crippen LogP) is 5.28. The lowest BCUT2D eigenvalue weighted by molar-refractivity contribution is -0.140. The van der Waals surface area contributed by atoms with E-state index < -0.39 is 28.5 Å². The molecule has 3 aromatic carbocycles. The Bertz CT molecular complexity index is 1380. The van der Waals surface area contributed by atoms with Gasteiger partial charge in [-0.15, -0.1) is 0 Å². The van der Waals surface area contributed by atoms with Crippen molar-refractivity contribution < 1.29 is 22.7 Å². The molecule has 0 bridgehead atoms. The number of para-hydroxylation sites is 1. The first kappa shape index (κ1) is 30.7. The summed E-state index contributed by atoms with van der Waals surface area (Å²) in [6, 6.07) is 22.6. The number of hydrogen-bond acceptors (Lipinski definition) is 5. The molecule has 0 spiro atoms. The molecule has 9 heteroatoms. The number of ether oxygens (including phenoxy) is 1. The van der Waals surface area contributed by atoms with Gasteiger partial charge in [-0.05, 0) is 68.7 Å². The van der Waals surface area contributed by atoms with Gasteiger partial charge in [0.15, 0.2) is 0 Å². The molecule has 0 fully saturated rings. The lowest BCUT2D eigenvalue weighted by atomic mass is 10.1. The molecule has 214 valence electrons. The van der Waals surface area contributed by atoms with E-state index >= 15 is 0 Å². The van der Waals surface area contributed by atoms with E-state index in [9.17, 15) is 18.0 Å². The largest absolute Gasteiger partial charge is 0.457 e. The van der Waals surface area contributed by atoms with E-state index in [1.54, 1.807) is 24.3 Å². The van der Waals surface area contributed by atoms with Crippen LogP contribution in [0.2, 0.25) is 0 Å². The second-order valence-electron chi connectivity index (χ2n) is 9.93. The Kier molecular flexibility index (Phi) is 10.7. The van der Waals surface area contributed by atoms with Crippen LogP contribution in [0.15, 0.2) is 78.9 Å². The zero-order chi connectivity index (χ0) is 29.3. The first-order valence-corrected chi connectivity index (χ1v) is 15.3. The van der Waals surface area contributed by atoms with Gasteiger partial charge in [0.1, 0.15) is 24.1 Å². The van der Waals surface area contributed by atoms with E-state index in [0.29, 0.717) is 23.6 Å². The van der Waals surface area contributed by atoms with Gasteiger partial charge in [0.05, 0.1) is 11.9 Å². The summed E-state index contributed by atoms with van der Waals surface area (Å²) in [5.74, 6) is 0.455. The molecule has 0 aliphatic carbocycles. The van der Waals surface area contributed by atoms with E-state index in [1.807, 2.05) is 82.3 Å². The summed E-state index contributed by atoms with van der Waals surface area (Å²) in [4.78, 5) is 28.6. The van der Waals surface area contributed by atoms with Crippen molar-refractivity contribution in [1.29, 1.82) is 0 Å². The summed E-state index contributed by atoms with van der Waals surface area (Å²) in [5, 5.41) is 2.98. The van der Waals surface area contributed by atoms with Gasteiger partial charge in [-0.3, -0.25) is 13.9 Å². The van der Waals surface area contributed by atoms with Crippen LogP contribution in [-0.2, 0) is 26.2 Å². The maximum atomic E-state index is 13.8. The van der Waals surface area contributed by atoms with E-state index in [-0.39, 0.29) is 18.5 Å². The monoisotopic (exact) mass is 565 g/mol. The Hall–Kier alpha value is -3.85. The first-order valence-electron chi connectivity index (χ1n) is 13.5. The predicted molar refractivity (Wildman–Crippen MR) is 159 cm³/mol. The van der Waals surface area contributed by atoms with Crippen molar-refractivity contribution in [3.8, 4) is 11.5 Å². The van der Waals surface area contributed by atoms with Crippen molar-refractivity contribution in [3.05, 3.63) is 90.0 Å². The lowest BCUT2D eigenvalue weighted by Gasteiger charge is -2.33. The van der Waals surface area contributed by atoms with Gasteiger partial charge in [0, 0.05) is 12.6 Å². The minimum Gasteiger partial charge on any atom is -0.457 e. The van der Waals surface area contributed by atoms with Gasteiger partial charge in [-0.1, -0.05) is 61.9 Å². The molecule has 0 heterocycles. The van der Waals surface area contributed by atoms with Crippen LogP contribution in [0.25, 0.3) is 0 Å². The van der Waals surface area contributed by atoms with E-state index in [0.717, 1.165) is 28.1 Å². The topological polar surface area (TPSA) is 96.0 Å². The van der Waals surface area contributed by atoms with Crippen LogP contribution in [0.3, 0.4) is 0 Å². The van der Waals surface area contributed by atoms with Crippen LogP contribution in [-0.4, -0.2) is 50.0 Å². The summed E-state index contributed by atoms with van der Waals surface area (Å²) < 4.78 is 32.6. The average molecular weight is 566 g/mol.